The molecule has 0 spiro atoms. The SMILES string of the molecule is NCCCCCCCCSc1cccc2c1C(=O)N(C1CCC(=O)NC1=O)C2=O. The average molecular weight is 418 g/mol. The topological polar surface area (TPSA) is 110 Å². The predicted molar refractivity (Wildman–Crippen MR) is 111 cm³/mol. The van der Waals surface area contributed by atoms with Crippen molar-refractivity contribution in [3.63, 3.8) is 0 Å². The Morgan fingerprint density at radius 2 is 1.72 bits per heavy atom. The van der Waals surface area contributed by atoms with E-state index >= 15 is 0 Å². The number of nitrogens with one attached hydrogen (secondary N) is 1. The third kappa shape index (κ3) is 4.87. The van der Waals surface area contributed by atoms with Gasteiger partial charge in [0.15, 0.2) is 0 Å². The molecule has 7 nitrogen and oxygen atoms in total. The highest BCUT2D eigenvalue weighted by atomic mass is 32.2. The molecule has 2 aliphatic heterocycles. The average Bonchev–Trinajstić information content (AvgIpc) is 2.95. The number of hydrogen-bond acceptors (Lipinski definition) is 6. The second-order valence-electron chi connectivity index (χ2n) is 7.38. The number of nitrogens with zero attached hydrogens (tertiary/aromatic N) is 1. The van der Waals surface area contributed by atoms with Crippen LogP contribution in [0.2, 0.25) is 0 Å². The minimum atomic E-state index is -0.925. The second kappa shape index (κ2) is 10.0. The summed E-state index contributed by atoms with van der Waals surface area (Å²) in [5, 5.41) is 2.22. The van der Waals surface area contributed by atoms with Crippen LogP contribution < -0.4 is 11.1 Å². The van der Waals surface area contributed by atoms with Gasteiger partial charge >= 0.3 is 0 Å². The van der Waals surface area contributed by atoms with Crippen molar-refractivity contribution >= 4 is 35.4 Å². The van der Waals surface area contributed by atoms with Crippen LogP contribution in [-0.4, -0.2) is 46.9 Å². The van der Waals surface area contributed by atoms with Gasteiger partial charge in [-0.1, -0.05) is 31.7 Å². The van der Waals surface area contributed by atoms with Crippen LogP contribution in [0, 0.1) is 0 Å². The lowest BCUT2D eigenvalue weighted by Crippen LogP contribution is -2.54. The molecule has 0 saturated carbocycles. The number of hydrogen-bond donors (Lipinski definition) is 2. The van der Waals surface area contributed by atoms with E-state index in [1.165, 1.54) is 19.3 Å². The molecule has 1 unspecified atom stereocenters. The van der Waals surface area contributed by atoms with Crippen molar-refractivity contribution in [2.75, 3.05) is 12.3 Å². The summed E-state index contributed by atoms with van der Waals surface area (Å²) in [6.45, 7) is 0.748. The Labute approximate surface area is 174 Å². The number of unbranched alkanes of at least 4 members (excludes halogenated alkanes) is 5. The number of thioether (sulfide) groups is 1. The summed E-state index contributed by atoms with van der Waals surface area (Å²) in [7, 11) is 0. The number of carbonyl (C=O) groups excluding carboxylic acids is 4. The van der Waals surface area contributed by atoms with E-state index in [2.05, 4.69) is 5.32 Å². The van der Waals surface area contributed by atoms with E-state index in [1.807, 2.05) is 6.07 Å². The number of imide groups is 2. The van der Waals surface area contributed by atoms with Crippen LogP contribution in [0.15, 0.2) is 23.1 Å². The Bertz CT molecular complexity index is 811. The minimum Gasteiger partial charge on any atom is -0.330 e. The first-order chi connectivity index (χ1) is 14.0. The van der Waals surface area contributed by atoms with Crippen molar-refractivity contribution in [3.05, 3.63) is 29.3 Å². The molecule has 1 atom stereocenters. The van der Waals surface area contributed by atoms with Gasteiger partial charge in [0, 0.05) is 11.3 Å². The number of fused-ring (bicyclic) bond motifs is 1. The maximum Gasteiger partial charge on any atom is 0.263 e. The molecule has 1 fully saturated rings. The molecule has 2 heterocycles. The smallest absolute Gasteiger partial charge is 0.263 e. The van der Waals surface area contributed by atoms with E-state index in [0.29, 0.717) is 11.1 Å². The Kier molecular flexibility index (Phi) is 7.44. The number of nitrogens with two attached hydrogens (primary N) is 1. The van der Waals surface area contributed by atoms with Crippen molar-refractivity contribution in [3.8, 4) is 0 Å². The second-order valence-corrected chi connectivity index (χ2v) is 8.52. The van der Waals surface area contributed by atoms with Crippen molar-refractivity contribution < 1.29 is 19.2 Å². The monoisotopic (exact) mass is 417 g/mol. The summed E-state index contributed by atoms with van der Waals surface area (Å²) in [4.78, 5) is 51.2. The quantitative estimate of drug-likeness (QED) is 0.344. The molecule has 2 aliphatic rings. The Hall–Kier alpha value is -2.19. The summed E-state index contributed by atoms with van der Waals surface area (Å²) in [5.41, 5.74) is 6.22. The minimum absolute atomic E-state index is 0.122. The first-order valence-corrected chi connectivity index (χ1v) is 11.2. The van der Waals surface area contributed by atoms with Crippen LogP contribution in [0.25, 0.3) is 0 Å². The van der Waals surface area contributed by atoms with Gasteiger partial charge in [-0.05, 0) is 43.7 Å². The lowest BCUT2D eigenvalue weighted by Gasteiger charge is -2.27. The third-order valence-electron chi connectivity index (χ3n) is 5.29. The van der Waals surface area contributed by atoms with E-state index in [4.69, 9.17) is 5.73 Å². The molecule has 1 aromatic carbocycles. The fourth-order valence-corrected chi connectivity index (χ4v) is 4.82. The molecule has 3 rings (SSSR count). The normalized spacial score (nSPS) is 18.9. The molecule has 0 aromatic heterocycles. The molecule has 0 bridgehead atoms. The Morgan fingerprint density at radius 1 is 1.00 bits per heavy atom. The molecule has 3 N–H and O–H groups in total. The first kappa shape index (κ1) is 21.5. The number of piperidine rings is 1. The van der Waals surface area contributed by atoms with Gasteiger partial charge in [0.1, 0.15) is 6.04 Å². The fraction of sp³-hybridized carbons (Fsp3) is 0.524. The largest absolute Gasteiger partial charge is 0.330 e. The number of benzene rings is 1. The van der Waals surface area contributed by atoms with Crippen LogP contribution in [-0.2, 0) is 9.59 Å². The molecule has 8 heteroatoms. The zero-order valence-electron chi connectivity index (χ0n) is 16.4. The molecule has 4 amide bonds. The van der Waals surface area contributed by atoms with Crippen LogP contribution in [0.1, 0.15) is 72.1 Å². The van der Waals surface area contributed by atoms with Crippen molar-refractivity contribution in [2.24, 2.45) is 5.73 Å². The van der Waals surface area contributed by atoms with E-state index in [1.54, 1.807) is 23.9 Å². The summed E-state index contributed by atoms with van der Waals surface area (Å²) in [5.74, 6) is -0.985. The van der Waals surface area contributed by atoms with E-state index in [9.17, 15) is 19.2 Å². The van der Waals surface area contributed by atoms with Crippen LogP contribution in [0.4, 0.5) is 0 Å². The van der Waals surface area contributed by atoms with Gasteiger partial charge in [-0.15, -0.1) is 11.8 Å². The zero-order chi connectivity index (χ0) is 20.8. The third-order valence-corrected chi connectivity index (χ3v) is 6.43. The Balaban J connectivity index is 1.61. The lowest BCUT2D eigenvalue weighted by molar-refractivity contribution is -0.136. The summed E-state index contributed by atoms with van der Waals surface area (Å²) < 4.78 is 0. The molecule has 0 radical (unpaired) electrons. The maximum atomic E-state index is 13.0. The summed E-state index contributed by atoms with van der Waals surface area (Å²) in [6.07, 6.45) is 7.06. The van der Waals surface area contributed by atoms with Gasteiger partial charge in [0.25, 0.3) is 11.8 Å². The lowest BCUT2D eigenvalue weighted by atomic mass is 10.0. The van der Waals surface area contributed by atoms with Crippen LogP contribution >= 0.6 is 11.8 Å². The molecule has 0 aliphatic carbocycles. The van der Waals surface area contributed by atoms with Crippen molar-refractivity contribution in [1.29, 1.82) is 0 Å². The molecular weight excluding hydrogens is 390 g/mol. The summed E-state index contributed by atoms with van der Waals surface area (Å²) >= 11 is 1.58. The summed E-state index contributed by atoms with van der Waals surface area (Å²) in [6, 6.07) is 4.33. The number of amides is 4. The van der Waals surface area contributed by atoms with E-state index in [0.717, 1.165) is 41.4 Å². The van der Waals surface area contributed by atoms with Gasteiger partial charge < -0.3 is 5.73 Å². The van der Waals surface area contributed by atoms with Gasteiger partial charge in [0.2, 0.25) is 11.8 Å². The highest BCUT2D eigenvalue weighted by Crippen LogP contribution is 2.34. The van der Waals surface area contributed by atoms with Crippen LogP contribution in [0.3, 0.4) is 0 Å². The van der Waals surface area contributed by atoms with Gasteiger partial charge in [-0.2, -0.15) is 0 Å². The molecule has 1 aromatic rings. The molecular formula is C21H27N3O4S. The first-order valence-electron chi connectivity index (χ1n) is 10.2. The number of rotatable bonds is 10. The fourth-order valence-electron chi connectivity index (χ4n) is 3.74. The van der Waals surface area contributed by atoms with Crippen molar-refractivity contribution in [1.82, 2.24) is 10.2 Å². The predicted octanol–water partition coefficient (Wildman–Crippen LogP) is 2.48. The molecule has 29 heavy (non-hydrogen) atoms. The standard InChI is InChI=1S/C21H27N3O4S/c22-12-5-3-1-2-4-6-13-29-16-9-7-8-14-18(16)21(28)24(20(14)27)15-10-11-17(25)23-19(15)26/h7-9,15H,1-6,10-13,22H2,(H,23,25,26). The van der Waals surface area contributed by atoms with Gasteiger partial charge in [0.05, 0.1) is 11.1 Å². The molecule has 1 saturated heterocycles. The van der Waals surface area contributed by atoms with Gasteiger partial charge in [-0.25, -0.2) is 0 Å². The van der Waals surface area contributed by atoms with Crippen molar-refractivity contribution in [2.45, 2.75) is 62.3 Å². The zero-order valence-corrected chi connectivity index (χ0v) is 17.3. The van der Waals surface area contributed by atoms with E-state index < -0.39 is 23.8 Å². The maximum absolute atomic E-state index is 13.0. The van der Waals surface area contributed by atoms with E-state index in [-0.39, 0.29) is 18.7 Å². The Morgan fingerprint density at radius 3 is 2.45 bits per heavy atom. The highest BCUT2D eigenvalue weighted by molar-refractivity contribution is 7.99. The molecule has 156 valence electrons. The highest BCUT2D eigenvalue weighted by Gasteiger charge is 2.45. The number of carbonyl (C=O) groups is 4. The van der Waals surface area contributed by atoms with Gasteiger partial charge in [-0.3, -0.25) is 29.4 Å². The van der Waals surface area contributed by atoms with Crippen LogP contribution in [0.5, 0.6) is 0 Å².